The second kappa shape index (κ2) is 5.42. The first kappa shape index (κ1) is 14.8. The third-order valence-electron chi connectivity index (χ3n) is 3.74. The molecule has 2 rings (SSSR count). The molecule has 1 unspecified atom stereocenters. The molecule has 1 aliphatic rings. The van der Waals surface area contributed by atoms with Crippen molar-refractivity contribution in [3.8, 4) is 0 Å². The highest BCUT2D eigenvalue weighted by atomic mass is 35.5. The largest absolute Gasteiger partial charge is 0.281 e. The first-order chi connectivity index (χ1) is 8.89. The number of H-pyrrole nitrogens is 1. The number of nitrogens with zero attached hydrogens (tertiary/aromatic N) is 2. The molecule has 1 N–H and O–H groups in total. The van der Waals surface area contributed by atoms with Gasteiger partial charge in [0.2, 0.25) is 0 Å². The molecule has 5 nitrogen and oxygen atoms in total. The summed E-state index contributed by atoms with van der Waals surface area (Å²) in [4.78, 5) is 0. The lowest BCUT2D eigenvalue weighted by atomic mass is 10.0. The van der Waals surface area contributed by atoms with Crippen LogP contribution in [0.1, 0.15) is 37.9 Å². The van der Waals surface area contributed by atoms with E-state index in [0.717, 1.165) is 12.8 Å². The highest BCUT2D eigenvalue weighted by molar-refractivity contribution is 7.89. The number of alkyl halides is 1. The van der Waals surface area contributed by atoms with Crippen LogP contribution in [0.3, 0.4) is 0 Å². The molecule has 1 aromatic heterocycles. The fraction of sp³-hybridized carbons (Fsp3) is 0.750. The summed E-state index contributed by atoms with van der Waals surface area (Å²) < 4.78 is 27.0. The highest BCUT2D eigenvalue weighted by Crippen LogP contribution is 2.31. The first-order valence-electron chi connectivity index (χ1n) is 6.51. The number of hydrogen-bond acceptors (Lipinski definition) is 3. The summed E-state index contributed by atoms with van der Waals surface area (Å²) in [5, 5.41) is 6.77. The number of rotatable bonds is 4. The lowest BCUT2D eigenvalue weighted by Crippen LogP contribution is -2.39. The van der Waals surface area contributed by atoms with Gasteiger partial charge in [0.1, 0.15) is 0 Å². The lowest BCUT2D eigenvalue weighted by molar-refractivity contribution is 0.314. The van der Waals surface area contributed by atoms with Crippen LogP contribution >= 0.6 is 11.6 Å². The van der Waals surface area contributed by atoms with Gasteiger partial charge >= 0.3 is 0 Å². The maximum absolute atomic E-state index is 12.7. The van der Waals surface area contributed by atoms with E-state index in [0.29, 0.717) is 23.7 Å². The van der Waals surface area contributed by atoms with E-state index in [1.807, 2.05) is 0 Å². The summed E-state index contributed by atoms with van der Waals surface area (Å²) in [7, 11) is -3.55. The molecule has 1 aromatic rings. The van der Waals surface area contributed by atoms with Crippen LogP contribution in [0, 0.1) is 12.8 Å². The van der Waals surface area contributed by atoms with Gasteiger partial charge in [0.25, 0.3) is 10.0 Å². The molecule has 108 valence electrons. The molecule has 0 spiro atoms. The van der Waals surface area contributed by atoms with E-state index in [-0.39, 0.29) is 16.9 Å². The zero-order chi connectivity index (χ0) is 14.2. The van der Waals surface area contributed by atoms with E-state index >= 15 is 0 Å². The van der Waals surface area contributed by atoms with Crippen LogP contribution in [-0.2, 0) is 15.9 Å². The fourth-order valence-electron chi connectivity index (χ4n) is 2.64. The molecule has 19 heavy (non-hydrogen) atoms. The molecule has 0 saturated carbocycles. The molecular weight excluding hydrogens is 286 g/mol. The van der Waals surface area contributed by atoms with Gasteiger partial charge in [0.15, 0.2) is 5.03 Å². The number of nitrogens with one attached hydrogen (secondary N) is 1. The number of sulfonamides is 1. The van der Waals surface area contributed by atoms with Crippen LogP contribution < -0.4 is 0 Å². The lowest BCUT2D eigenvalue weighted by Gasteiger charge is -2.26. The molecule has 0 bridgehead atoms. The summed E-state index contributed by atoms with van der Waals surface area (Å²) in [6.45, 7) is 6.46. The summed E-state index contributed by atoms with van der Waals surface area (Å²) in [6.07, 6.45) is 1.82. The van der Waals surface area contributed by atoms with Crippen LogP contribution in [-0.4, -0.2) is 35.5 Å². The van der Waals surface area contributed by atoms with Crippen molar-refractivity contribution >= 4 is 21.6 Å². The highest BCUT2D eigenvalue weighted by Gasteiger charge is 2.39. The van der Waals surface area contributed by atoms with Crippen molar-refractivity contribution in [3.63, 3.8) is 0 Å². The minimum absolute atomic E-state index is 0.0604. The quantitative estimate of drug-likeness (QED) is 0.868. The Kier molecular flexibility index (Phi) is 4.23. The van der Waals surface area contributed by atoms with Gasteiger partial charge in [-0.25, -0.2) is 8.42 Å². The molecule has 1 saturated heterocycles. The molecule has 1 aliphatic heterocycles. The predicted octanol–water partition coefficient (Wildman–Crippen LogP) is 2.27. The van der Waals surface area contributed by atoms with E-state index in [4.69, 9.17) is 11.6 Å². The second-order valence-electron chi connectivity index (χ2n) is 5.34. The maximum atomic E-state index is 12.7. The van der Waals surface area contributed by atoms with Crippen molar-refractivity contribution < 1.29 is 8.42 Å². The van der Waals surface area contributed by atoms with E-state index in [1.165, 1.54) is 0 Å². The van der Waals surface area contributed by atoms with E-state index in [1.54, 1.807) is 11.2 Å². The van der Waals surface area contributed by atoms with Gasteiger partial charge in [-0.1, -0.05) is 13.8 Å². The minimum Gasteiger partial charge on any atom is -0.281 e. The zero-order valence-corrected chi connectivity index (χ0v) is 13.1. The van der Waals surface area contributed by atoms with Gasteiger partial charge in [-0.3, -0.25) is 5.10 Å². The monoisotopic (exact) mass is 305 g/mol. The van der Waals surface area contributed by atoms with Crippen molar-refractivity contribution in [2.45, 2.75) is 50.6 Å². The Labute approximate surface area is 119 Å². The molecule has 0 aromatic carbocycles. The van der Waals surface area contributed by atoms with E-state index in [9.17, 15) is 8.42 Å². The minimum atomic E-state index is -3.55. The molecular formula is C12H20ClN3O2S. The third-order valence-corrected chi connectivity index (χ3v) is 5.90. The molecule has 7 heteroatoms. The Bertz CT molecular complexity index is 553. The van der Waals surface area contributed by atoms with Gasteiger partial charge in [-0.05, 0) is 25.7 Å². The van der Waals surface area contributed by atoms with Gasteiger partial charge < -0.3 is 0 Å². The maximum Gasteiger partial charge on any atom is 0.262 e. The summed E-state index contributed by atoms with van der Waals surface area (Å²) in [5.41, 5.74) is 1.30. The van der Waals surface area contributed by atoms with Crippen LogP contribution in [0.25, 0.3) is 0 Å². The summed E-state index contributed by atoms with van der Waals surface area (Å²) >= 11 is 5.85. The van der Waals surface area contributed by atoms with Gasteiger partial charge in [0, 0.05) is 23.8 Å². The number of halogens is 1. The molecule has 1 fully saturated rings. The van der Waals surface area contributed by atoms with Gasteiger partial charge in [0.05, 0.1) is 5.88 Å². The van der Waals surface area contributed by atoms with Crippen LogP contribution in [0.5, 0.6) is 0 Å². The number of aromatic amines is 1. The average molecular weight is 306 g/mol. The SMILES string of the molecule is Cc1[nH]nc(S(=O)(=O)N2CCCC2C(C)C)c1CCl. The van der Waals surface area contributed by atoms with Crippen molar-refractivity contribution in [1.82, 2.24) is 14.5 Å². The molecule has 2 heterocycles. The van der Waals surface area contributed by atoms with E-state index < -0.39 is 10.0 Å². The standard InChI is InChI=1S/C12H20ClN3O2S/c1-8(2)11-5-4-6-16(11)19(17,18)12-10(7-13)9(3)14-15-12/h8,11H,4-7H2,1-3H3,(H,14,15). The molecule has 0 aliphatic carbocycles. The second-order valence-corrected chi connectivity index (χ2v) is 7.41. The van der Waals surface area contributed by atoms with Crippen molar-refractivity contribution in [2.75, 3.05) is 6.54 Å². The van der Waals surface area contributed by atoms with Crippen LogP contribution in [0.15, 0.2) is 5.03 Å². The van der Waals surface area contributed by atoms with Gasteiger partial charge in [-0.2, -0.15) is 9.40 Å². The van der Waals surface area contributed by atoms with Crippen LogP contribution in [0.2, 0.25) is 0 Å². The fourth-order valence-corrected chi connectivity index (χ4v) is 5.04. The summed E-state index contributed by atoms with van der Waals surface area (Å²) in [5.74, 6) is 0.452. The molecule has 0 radical (unpaired) electrons. The average Bonchev–Trinajstić information content (AvgIpc) is 2.94. The topological polar surface area (TPSA) is 66.1 Å². The zero-order valence-electron chi connectivity index (χ0n) is 11.5. The van der Waals surface area contributed by atoms with E-state index in [2.05, 4.69) is 24.0 Å². The van der Waals surface area contributed by atoms with Crippen molar-refractivity contribution in [1.29, 1.82) is 0 Å². The van der Waals surface area contributed by atoms with Crippen LogP contribution in [0.4, 0.5) is 0 Å². The predicted molar refractivity (Wildman–Crippen MR) is 74.6 cm³/mol. The van der Waals surface area contributed by atoms with Crippen molar-refractivity contribution in [2.24, 2.45) is 5.92 Å². The number of aryl methyl sites for hydroxylation is 1. The van der Waals surface area contributed by atoms with Crippen molar-refractivity contribution in [3.05, 3.63) is 11.3 Å². The Morgan fingerprint density at radius 1 is 1.53 bits per heavy atom. The Balaban J connectivity index is 2.42. The number of hydrogen-bond donors (Lipinski definition) is 1. The van der Waals surface area contributed by atoms with Gasteiger partial charge in [-0.15, -0.1) is 11.6 Å². The Morgan fingerprint density at radius 3 is 2.79 bits per heavy atom. The summed E-state index contributed by atoms with van der Waals surface area (Å²) in [6, 6.07) is 0.0604. The molecule has 1 atom stereocenters. The Morgan fingerprint density at radius 2 is 2.21 bits per heavy atom. The Hall–Kier alpha value is -0.590. The first-order valence-corrected chi connectivity index (χ1v) is 8.48. The number of aromatic nitrogens is 2. The third kappa shape index (κ3) is 2.53. The smallest absolute Gasteiger partial charge is 0.262 e. The molecule has 0 amide bonds. The normalized spacial score (nSPS) is 21.4.